The fourth-order valence-corrected chi connectivity index (χ4v) is 5.33. The third-order valence-corrected chi connectivity index (χ3v) is 7.39. The molecule has 184 valence electrons. The number of aromatic nitrogens is 1. The number of rotatable bonds is 8. The van der Waals surface area contributed by atoms with E-state index in [4.69, 9.17) is 16.6 Å². The summed E-state index contributed by atoms with van der Waals surface area (Å²) in [5.41, 5.74) is 2.94. The minimum Gasteiger partial charge on any atom is -0.326 e. The third-order valence-electron chi connectivity index (χ3n) is 6.98. The van der Waals surface area contributed by atoms with Crippen LogP contribution in [0.3, 0.4) is 0 Å². The SMILES string of the molecule is O=C(CCN1CCCC1)Nc1ccc2nc3ccc(NC(=O)CCN4CCCC4)cc3c(Cl)c2c1. The van der Waals surface area contributed by atoms with Crippen molar-refractivity contribution in [3.8, 4) is 0 Å². The van der Waals surface area contributed by atoms with Crippen molar-refractivity contribution in [3.05, 3.63) is 41.4 Å². The summed E-state index contributed by atoms with van der Waals surface area (Å²) in [4.78, 5) is 34.3. The van der Waals surface area contributed by atoms with Crippen molar-refractivity contribution in [2.24, 2.45) is 0 Å². The highest BCUT2D eigenvalue weighted by molar-refractivity contribution is 6.40. The van der Waals surface area contributed by atoms with Crippen molar-refractivity contribution in [1.82, 2.24) is 14.8 Å². The van der Waals surface area contributed by atoms with Gasteiger partial charge in [0, 0.05) is 48.1 Å². The van der Waals surface area contributed by atoms with Crippen LogP contribution in [-0.2, 0) is 9.59 Å². The van der Waals surface area contributed by atoms with Crippen molar-refractivity contribution >= 4 is 56.6 Å². The molecular weight excluding hydrogens is 462 g/mol. The van der Waals surface area contributed by atoms with Gasteiger partial charge in [0.05, 0.1) is 16.1 Å². The van der Waals surface area contributed by atoms with Gasteiger partial charge in [-0.15, -0.1) is 0 Å². The molecule has 2 aromatic carbocycles. The van der Waals surface area contributed by atoms with Gasteiger partial charge in [0.15, 0.2) is 0 Å². The molecule has 0 unspecified atom stereocenters. The largest absolute Gasteiger partial charge is 0.326 e. The Balaban J connectivity index is 1.28. The van der Waals surface area contributed by atoms with E-state index in [0.29, 0.717) is 29.2 Å². The number of amides is 2. The third kappa shape index (κ3) is 5.92. The molecule has 2 aliphatic heterocycles. The quantitative estimate of drug-likeness (QED) is 0.437. The number of nitrogens with zero attached hydrogens (tertiary/aromatic N) is 3. The number of carbonyl (C=O) groups excluding carboxylic acids is 2. The summed E-state index contributed by atoms with van der Waals surface area (Å²) in [5.74, 6) is 0.0000923. The topological polar surface area (TPSA) is 77.6 Å². The zero-order chi connectivity index (χ0) is 24.2. The number of pyridine rings is 1. The van der Waals surface area contributed by atoms with Crippen LogP contribution in [0.4, 0.5) is 11.4 Å². The maximum absolute atomic E-state index is 12.5. The molecule has 3 heterocycles. The lowest BCUT2D eigenvalue weighted by Crippen LogP contribution is -2.25. The molecule has 35 heavy (non-hydrogen) atoms. The smallest absolute Gasteiger partial charge is 0.225 e. The monoisotopic (exact) mass is 493 g/mol. The lowest BCUT2D eigenvalue weighted by molar-refractivity contribution is -0.117. The Morgan fingerprint density at radius 1 is 0.743 bits per heavy atom. The zero-order valence-electron chi connectivity index (χ0n) is 20.0. The Morgan fingerprint density at radius 3 is 1.60 bits per heavy atom. The maximum Gasteiger partial charge on any atom is 0.225 e. The molecule has 0 saturated carbocycles. The number of benzene rings is 2. The Hall–Kier alpha value is -2.74. The summed E-state index contributed by atoms with van der Waals surface area (Å²) in [7, 11) is 0. The van der Waals surface area contributed by atoms with E-state index in [2.05, 4.69) is 20.4 Å². The van der Waals surface area contributed by atoms with E-state index in [0.717, 1.165) is 61.1 Å². The first-order valence-electron chi connectivity index (χ1n) is 12.6. The molecule has 1 aromatic heterocycles. The maximum atomic E-state index is 12.5. The van der Waals surface area contributed by atoms with Crippen molar-refractivity contribution < 1.29 is 9.59 Å². The zero-order valence-corrected chi connectivity index (χ0v) is 20.7. The summed E-state index contributed by atoms with van der Waals surface area (Å²) in [5, 5.41) is 8.10. The molecular formula is C27H32ClN5O2. The molecule has 0 aliphatic carbocycles. The van der Waals surface area contributed by atoms with Gasteiger partial charge in [-0.1, -0.05) is 11.6 Å². The van der Waals surface area contributed by atoms with E-state index in [9.17, 15) is 9.59 Å². The van der Waals surface area contributed by atoms with Gasteiger partial charge >= 0.3 is 0 Å². The summed E-state index contributed by atoms with van der Waals surface area (Å²) in [6.45, 7) is 5.91. The Morgan fingerprint density at radius 2 is 1.17 bits per heavy atom. The van der Waals surface area contributed by atoms with Crippen LogP contribution in [0, 0.1) is 0 Å². The molecule has 0 spiro atoms. The molecule has 2 aliphatic rings. The normalized spacial score (nSPS) is 16.8. The molecule has 0 atom stereocenters. The summed E-state index contributed by atoms with van der Waals surface area (Å²) in [6, 6.07) is 11.2. The molecule has 3 aromatic rings. The first-order chi connectivity index (χ1) is 17.0. The molecule has 2 fully saturated rings. The number of nitrogens with one attached hydrogen (secondary N) is 2. The predicted octanol–water partition coefficient (Wildman–Crippen LogP) is 4.89. The van der Waals surface area contributed by atoms with Gasteiger partial charge in [0.1, 0.15) is 0 Å². The van der Waals surface area contributed by atoms with Crippen molar-refractivity contribution in [2.75, 3.05) is 49.9 Å². The van der Waals surface area contributed by atoms with Gasteiger partial charge in [-0.25, -0.2) is 4.98 Å². The van der Waals surface area contributed by atoms with Gasteiger partial charge in [0.2, 0.25) is 11.8 Å². The van der Waals surface area contributed by atoms with Gasteiger partial charge in [0.25, 0.3) is 0 Å². The van der Waals surface area contributed by atoms with Crippen LogP contribution >= 0.6 is 11.6 Å². The first-order valence-corrected chi connectivity index (χ1v) is 13.0. The summed E-state index contributed by atoms with van der Waals surface area (Å²) in [6.07, 6.45) is 5.82. The average Bonchev–Trinajstić information content (AvgIpc) is 3.57. The Bertz CT molecular complexity index is 1140. The van der Waals surface area contributed by atoms with Gasteiger partial charge in [-0.05, 0) is 88.3 Å². The van der Waals surface area contributed by atoms with E-state index in [1.165, 1.54) is 25.7 Å². The molecule has 2 N–H and O–H groups in total. The highest BCUT2D eigenvalue weighted by atomic mass is 35.5. The molecule has 0 radical (unpaired) electrons. The highest BCUT2D eigenvalue weighted by Crippen LogP contribution is 2.33. The van der Waals surface area contributed by atoms with Crippen LogP contribution in [0.5, 0.6) is 0 Å². The standard InChI is InChI=1S/C27H32ClN5O2/c28-27-21-17-19(29-25(34)9-15-32-11-1-2-12-32)5-7-23(21)31-24-8-6-20(18-22(24)27)30-26(35)10-16-33-13-3-4-14-33/h5-8,17-18H,1-4,9-16H2,(H,29,34)(H,30,35). The second-order valence-electron chi connectivity index (χ2n) is 9.58. The number of hydrogen-bond acceptors (Lipinski definition) is 5. The highest BCUT2D eigenvalue weighted by Gasteiger charge is 2.15. The molecule has 0 bridgehead atoms. The Labute approximate surface area is 210 Å². The average molecular weight is 494 g/mol. The summed E-state index contributed by atoms with van der Waals surface area (Å²) >= 11 is 6.81. The fraction of sp³-hybridized carbons (Fsp3) is 0.444. The number of halogens is 1. The minimum absolute atomic E-state index is 0.0000462. The van der Waals surface area contributed by atoms with Crippen LogP contribution in [0.2, 0.25) is 5.02 Å². The second kappa shape index (κ2) is 10.9. The van der Waals surface area contributed by atoms with Crippen LogP contribution in [-0.4, -0.2) is 65.9 Å². The van der Waals surface area contributed by atoms with Gasteiger partial charge < -0.3 is 20.4 Å². The van der Waals surface area contributed by atoms with E-state index >= 15 is 0 Å². The molecule has 2 saturated heterocycles. The van der Waals surface area contributed by atoms with Gasteiger partial charge in [-0.3, -0.25) is 9.59 Å². The molecule has 2 amide bonds. The minimum atomic E-state index is 0.0000462. The van der Waals surface area contributed by atoms with Gasteiger partial charge in [-0.2, -0.15) is 0 Å². The van der Waals surface area contributed by atoms with Crippen LogP contribution in [0.15, 0.2) is 36.4 Å². The lowest BCUT2D eigenvalue weighted by atomic mass is 10.1. The van der Waals surface area contributed by atoms with Crippen LogP contribution in [0.25, 0.3) is 21.8 Å². The summed E-state index contributed by atoms with van der Waals surface area (Å²) < 4.78 is 0. The van der Waals surface area contributed by atoms with Crippen molar-refractivity contribution in [1.29, 1.82) is 0 Å². The van der Waals surface area contributed by atoms with Crippen LogP contribution < -0.4 is 10.6 Å². The molecule has 5 rings (SSSR count). The number of carbonyl (C=O) groups is 2. The van der Waals surface area contributed by atoms with E-state index in [1.807, 2.05) is 36.4 Å². The number of fused-ring (bicyclic) bond motifs is 2. The Kier molecular flexibility index (Phi) is 7.46. The molecule has 8 heteroatoms. The predicted molar refractivity (Wildman–Crippen MR) is 142 cm³/mol. The number of anilines is 2. The second-order valence-corrected chi connectivity index (χ2v) is 9.96. The molecule has 7 nitrogen and oxygen atoms in total. The number of hydrogen-bond donors (Lipinski definition) is 2. The van der Waals surface area contributed by atoms with E-state index in [-0.39, 0.29) is 11.8 Å². The van der Waals surface area contributed by atoms with E-state index in [1.54, 1.807) is 0 Å². The number of likely N-dealkylation sites (tertiary alicyclic amines) is 2. The van der Waals surface area contributed by atoms with Crippen LogP contribution in [0.1, 0.15) is 38.5 Å². The fourth-order valence-electron chi connectivity index (χ4n) is 5.03. The van der Waals surface area contributed by atoms with Crippen molar-refractivity contribution in [2.45, 2.75) is 38.5 Å². The van der Waals surface area contributed by atoms with E-state index < -0.39 is 0 Å². The lowest BCUT2D eigenvalue weighted by Gasteiger charge is -2.15. The van der Waals surface area contributed by atoms with Crippen molar-refractivity contribution in [3.63, 3.8) is 0 Å². The first kappa shape index (κ1) is 24.0.